The Balaban J connectivity index is 2.36. The normalized spacial score (nSPS) is 20.1. The van der Waals surface area contributed by atoms with E-state index in [9.17, 15) is 15.2 Å². The van der Waals surface area contributed by atoms with E-state index >= 15 is 0 Å². The molecule has 0 aliphatic carbocycles. The van der Waals surface area contributed by atoms with Crippen LogP contribution in [0, 0.1) is 27.4 Å². The lowest BCUT2D eigenvalue weighted by atomic mass is 10.0. The SMILES string of the molecule is CC(O)C1CCN(c2cccc(C#N)c2[N+](=O)[O-])C1. The fourth-order valence-electron chi connectivity index (χ4n) is 2.47. The molecule has 6 heteroatoms. The summed E-state index contributed by atoms with van der Waals surface area (Å²) in [5, 5.41) is 29.7. The number of benzene rings is 1. The number of nitrogens with zero attached hydrogens (tertiary/aromatic N) is 3. The maximum absolute atomic E-state index is 11.2. The highest BCUT2D eigenvalue weighted by Crippen LogP contribution is 2.35. The van der Waals surface area contributed by atoms with Crippen LogP contribution < -0.4 is 4.90 Å². The van der Waals surface area contributed by atoms with Gasteiger partial charge in [-0.25, -0.2) is 0 Å². The van der Waals surface area contributed by atoms with Crippen LogP contribution >= 0.6 is 0 Å². The first kappa shape index (κ1) is 13.3. The number of aliphatic hydroxyl groups is 1. The molecule has 1 aromatic carbocycles. The molecule has 1 N–H and O–H groups in total. The molecule has 2 unspecified atom stereocenters. The molecular formula is C13H15N3O3. The lowest BCUT2D eigenvalue weighted by Gasteiger charge is -2.19. The molecule has 0 spiro atoms. The molecular weight excluding hydrogens is 246 g/mol. The third-order valence-electron chi connectivity index (χ3n) is 3.57. The molecule has 2 atom stereocenters. The van der Waals surface area contributed by atoms with Crippen molar-refractivity contribution >= 4 is 11.4 Å². The minimum absolute atomic E-state index is 0.0722. The van der Waals surface area contributed by atoms with Crippen LogP contribution in [0.15, 0.2) is 18.2 Å². The lowest BCUT2D eigenvalue weighted by molar-refractivity contribution is -0.384. The number of nitriles is 1. The second kappa shape index (κ2) is 5.24. The smallest absolute Gasteiger partial charge is 0.310 e. The second-order valence-electron chi connectivity index (χ2n) is 4.78. The standard InChI is InChI=1S/C13H15N3O3/c1-9(17)11-5-6-15(8-11)12-4-2-3-10(7-14)13(12)16(18)19/h2-4,9,11,17H,5-6,8H2,1H3. The van der Waals surface area contributed by atoms with Crippen molar-refractivity contribution < 1.29 is 10.0 Å². The number of anilines is 1. The van der Waals surface area contributed by atoms with Gasteiger partial charge in [-0.2, -0.15) is 5.26 Å². The zero-order valence-corrected chi connectivity index (χ0v) is 10.6. The first-order valence-corrected chi connectivity index (χ1v) is 6.15. The Kier molecular flexibility index (Phi) is 3.67. The maximum atomic E-state index is 11.2. The number of nitro groups is 1. The summed E-state index contributed by atoms with van der Waals surface area (Å²) in [6.07, 6.45) is 0.370. The molecule has 2 rings (SSSR count). The molecule has 0 radical (unpaired) electrons. The fraction of sp³-hybridized carbons (Fsp3) is 0.462. The maximum Gasteiger partial charge on any atom is 0.310 e. The van der Waals surface area contributed by atoms with Crippen molar-refractivity contribution in [3.8, 4) is 6.07 Å². The number of para-hydroxylation sites is 1. The topological polar surface area (TPSA) is 90.4 Å². The summed E-state index contributed by atoms with van der Waals surface area (Å²) in [6.45, 7) is 2.97. The molecule has 6 nitrogen and oxygen atoms in total. The van der Waals surface area contributed by atoms with E-state index in [0.717, 1.165) is 6.42 Å². The first-order chi connectivity index (χ1) is 9.04. The van der Waals surface area contributed by atoms with Gasteiger partial charge < -0.3 is 10.0 Å². The van der Waals surface area contributed by atoms with Crippen molar-refractivity contribution in [3.63, 3.8) is 0 Å². The number of aliphatic hydroxyl groups excluding tert-OH is 1. The Morgan fingerprint density at radius 2 is 2.37 bits per heavy atom. The summed E-state index contributed by atoms with van der Waals surface area (Å²) >= 11 is 0. The van der Waals surface area contributed by atoms with Gasteiger partial charge in [-0.1, -0.05) is 6.07 Å². The van der Waals surface area contributed by atoms with Gasteiger partial charge in [-0.3, -0.25) is 10.1 Å². The van der Waals surface area contributed by atoms with E-state index < -0.39 is 11.0 Å². The Morgan fingerprint density at radius 3 is 2.89 bits per heavy atom. The quantitative estimate of drug-likeness (QED) is 0.660. The van der Waals surface area contributed by atoms with E-state index in [1.54, 1.807) is 19.1 Å². The monoisotopic (exact) mass is 261 g/mol. The van der Waals surface area contributed by atoms with E-state index in [4.69, 9.17) is 5.26 Å². The molecule has 1 fully saturated rings. The molecule has 1 aliphatic rings. The summed E-state index contributed by atoms with van der Waals surface area (Å²) in [4.78, 5) is 12.5. The Bertz CT molecular complexity index is 536. The highest BCUT2D eigenvalue weighted by Gasteiger charge is 2.31. The van der Waals surface area contributed by atoms with Gasteiger partial charge in [0.15, 0.2) is 0 Å². The molecule has 0 saturated carbocycles. The van der Waals surface area contributed by atoms with E-state index in [1.165, 1.54) is 6.07 Å². The molecule has 1 aromatic rings. The van der Waals surface area contributed by atoms with Gasteiger partial charge in [-0.05, 0) is 25.5 Å². The Labute approximate surface area is 111 Å². The van der Waals surface area contributed by atoms with Gasteiger partial charge in [-0.15, -0.1) is 0 Å². The first-order valence-electron chi connectivity index (χ1n) is 6.15. The van der Waals surface area contributed by atoms with Crippen molar-refractivity contribution in [1.29, 1.82) is 5.26 Å². The van der Waals surface area contributed by atoms with Crippen LogP contribution in [0.2, 0.25) is 0 Å². The van der Waals surface area contributed by atoms with Crippen LogP contribution in [0.1, 0.15) is 18.9 Å². The van der Waals surface area contributed by atoms with Gasteiger partial charge in [0.2, 0.25) is 0 Å². The van der Waals surface area contributed by atoms with Crippen LogP contribution in [-0.2, 0) is 0 Å². The second-order valence-corrected chi connectivity index (χ2v) is 4.78. The average Bonchev–Trinajstić information content (AvgIpc) is 2.87. The molecule has 100 valence electrons. The van der Waals surface area contributed by atoms with Gasteiger partial charge >= 0.3 is 5.69 Å². The minimum atomic E-state index is -0.510. The van der Waals surface area contributed by atoms with Crippen molar-refractivity contribution in [2.75, 3.05) is 18.0 Å². The average molecular weight is 261 g/mol. The highest BCUT2D eigenvalue weighted by molar-refractivity contribution is 5.70. The number of nitro benzene ring substituents is 1. The lowest BCUT2D eigenvalue weighted by Crippen LogP contribution is -2.24. The van der Waals surface area contributed by atoms with Crippen molar-refractivity contribution in [1.82, 2.24) is 0 Å². The summed E-state index contributed by atoms with van der Waals surface area (Å²) in [6, 6.07) is 6.61. The molecule has 1 heterocycles. The van der Waals surface area contributed by atoms with Crippen LogP contribution in [-0.4, -0.2) is 29.2 Å². The van der Waals surface area contributed by atoms with Gasteiger partial charge in [0.1, 0.15) is 17.3 Å². The zero-order valence-electron chi connectivity index (χ0n) is 10.6. The molecule has 1 saturated heterocycles. The summed E-state index contributed by atoms with van der Waals surface area (Å²) in [7, 11) is 0. The van der Waals surface area contributed by atoms with Crippen molar-refractivity contribution in [2.24, 2.45) is 5.92 Å². The molecule has 1 aliphatic heterocycles. The molecule has 0 aromatic heterocycles. The van der Waals surface area contributed by atoms with Crippen molar-refractivity contribution in [3.05, 3.63) is 33.9 Å². The van der Waals surface area contributed by atoms with Crippen LogP contribution in [0.3, 0.4) is 0 Å². The third kappa shape index (κ3) is 2.51. The summed E-state index contributed by atoms with van der Waals surface area (Å²) in [5.74, 6) is 0.116. The van der Waals surface area contributed by atoms with Gasteiger partial charge in [0.05, 0.1) is 11.0 Å². The van der Waals surface area contributed by atoms with E-state index in [-0.39, 0.29) is 17.2 Å². The van der Waals surface area contributed by atoms with E-state index in [0.29, 0.717) is 18.8 Å². The predicted octanol–water partition coefficient (Wildman–Crippen LogP) is 1.67. The Hall–Kier alpha value is -2.13. The highest BCUT2D eigenvalue weighted by atomic mass is 16.6. The summed E-state index contributed by atoms with van der Waals surface area (Å²) in [5.41, 5.74) is 0.395. The molecule has 0 bridgehead atoms. The summed E-state index contributed by atoms with van der Waals surface area (Å²) < 4.78 is 0. The van der Waals surface area contributed by atoms with E-state index in [2.05, 4.69) is 0 Å². The Morgan fingerprint density at radius 1 is 1.63 bits per heavy atom. The van der Waals surface area contributed by atoms with Gasteiger partial charge in [0, 0.05) is 19.0 Å². The number of hydrogen-bond donors (Lipinski definition) is 1. The van der Waals surface area contributed by atoms with Gasteiger partial charge in [0.25, 0.3) is 0 Å². The molecule has 0 amide bonds. The van der Waals surface area contributed by atoms with Crippen molar-refractivity contribution in [2.45, 2.75) is 19.4 Å². The third-order valence-corrected chi connectivity index (χ3v) is 3.57. The molecule has 19 heavy (non-hydrogen) atoms. The van der Waals surface area contributed by atoms with E-state index in [1.807, 2.05) is 11.0 Å². The number of rotatable bonds is 3. The van der Waals surface area contributed by atoms with Crippen LogP contribution in [0.5, 0.6) is 0 Å². The fourth-order valence-corrected chi connectivity index (χ4v) is 2.47. The zero-order chi connectivity index (χ0) is 14.0. The predicted molar refractivity (Wildman–Crippen MR) is 69.8 cm³/mol. The largest absolute Gasteiger partial charge is 0.393 e. The number of hydrogen-bond acceptors (Lipinski definition) is 5. The van der Waals surface area contributed by atoms with Crippen LogP contribution in [0.25, 0.3) is 0 Å². The van der Waals surface area contributed by atoms with Crippen LogP contribution in [0.4, 0.5) is 11.4 Å². The minimum Gasteiger partial charge on any atom is -0.393 e.